The van der Waals surface area contributed by atoms with Gasteiger partial charge in [-0.2, -0.15) is 0 Å². The second-order valence-electron chi connectivity index (χ2n) is 3.25. The molecule has 2 rings (SSSR count). The molecule has 1 nitrogen and oxygen atoms in total. The zero-order valence-electron chi connectivity index (χ0n) is 7.37. The lowest BCUT2D eigenvalue weighted by molar-refractivity contribution is 0.524. The van der Waals surface area contributed by atoms with Gasteiger partial charge in [-0.25, -0.2) is 0 Å². The normalized spacial score (nSPS) is 20.7. The number of aryl methyl sites for hydroxylation is 1. The van der Waals surface area contributed by atoms with E-state index in [1.807, 2.05) is 13.0 Å². The molecule has 0 aromatic carbocycles. The molecule has 1 heterocycles. The fraction of sp³-hybridized carbons (Fsp3) is 0.273. The molecule has 0 radical (unpaired) electrons. The highest BCUT2D eigenvalue weighted by atomic mass is 16.3. The monoisotopic (exact) mass is 160 g/mol. The Morgan fingerprint density at radius 1 is 1.25 bits per heavy atom. The summed E-state index contributed by atoms with van der Waals surface area (Å²) in [5, 5.41) is 0. The van der Waals surface area contributed by atoms with Crippen molar-refractivity contribution < 1.29 is 4.42 Å². The highest BCUT2D eigenvalue weighted by molar-refractivity contribution is 5.64. The number of hydrogen-bond acceptors (Lipinski definition) is 1. The van der Waals surface area contributed by atoms with Gasteiger partial charge in [0.15, 0.2) is 0 Å². The first-order chi connectivity index (χ1) is 5.75. The van der Waals surface area contributed by atoms with Crippen LogP contribution in [-0.2, 0) is 0 Å². The van der Waals surface area contributed by atoms with Crippen LogP contribution in [0.3, 0.4) is 0 Å². The fourth-order valence-corrected chi connectivity index (χ4v) is 1.37. The zero-order chi connectivity index (χ0) is 8.55. The Bertz CT molecular complexity index is 310. The number of hydrogen-bond donors (Lipinski definition) is 0. The molecule has 0 aliphatic heterocycles. The van der Waals surface area contributed by atoms with Crippen molar-refractivity contribution in [3.63, 3.8) is 0 Å². The predicted molar refractivity (Wildman–Crippen MR) is 50.7 cm³/mol. The standard InChI is InChI=1S/C11H12O/c1-8-3-5-10-7-9(2)12-11(10)6-4-8/h3-8H,1-2H3. The summed E-state index contributed by atoms with van der Waals surface area (Å²) in [7, 11) is 0. The number of rotatable bonds is 0. The van der Waals surface area contributed by atoms with Crippen molar-refractivity contribution in [1.29, 1.82) is 0 Å². The Balaban J connectivity index is 2.49. The van der Waals surface area contributed by atoms with E-state index >= 15 is 0 Å². The van der Waals surface area contributed by atoms with E-state index in [1.54, 1.807) is 0 Å². The molecule has 1 aliphatic rings. The van der Waals surface area contributed by atoms with Crippen LogP contribution >= 0.6 is 0 Å². The van der Waals surface area contributed by atoms with Crippen LogP contribution in [0.15, 0.2) is 22.6 Å². The summed E-state index contributed by atoms with van der Waals surface area (Å²) in [6.07, 6.45) is 8.49. The van der Waals surface area contributed by atoms with Crippen LogP contribution in [0.1, 0.15) is 24.0 Å². The van der Waals surface area contributed by atoms with Gasteiger partial charge >= 0.3 is 0 Å². The molecule has 0 bridgehead atoms. The lowest BCUT2D eigenvalue weighted by Crippen LogP contribution is -1.77. The highest BCUT2D eigenvalue weighted by Crippen LogP contribution is 2.22. The molecular formula is C11H12O. The third kappa shape index (κ3) is 1.22. The van der Waals surface area contributed by atoms with Crippen LogP contribution in [0.5, 0.6) is 0 Å². The van der Waals surface area contributed by atoms with Gasteiger partial charge in [0.1, 0.15) is 11.5 Å². The second-order valence-corrected chi connectivity index (χ2v) is 3.25. The number of furan rings is 1. The van der Waals surface area contributed by atoms with E-state index in [2.05, 4.69) is 31.2 Å². The van der Waals surface area contributed by atoms with E-state index in [1.165, 1.54) is 5.56 Å². The van der Waals surface area contributed by atoms with Crippen molar-refractivity contribution in [3.05, 3.63) is 35.3 Å². The van der Waals surface area contributed by atoms with Crippen molar-refractivity contribution >= 4 is 12.2 Å². The molecule has 0 amide bonds. The van der Waals surface area contributed by atoms with Crippen LogP contribution in [0.25, 0.3) is 12.2 Å². The van der Waals surface area contributed by atoms with Gasteiger partial charge in [0, 0.05) is 5.56 Å². The van der Waals surface area contributed by atoms with Crippen molar-refractivity contribution in [3.8, 4) is 0 Å². The quantitative estimate of drug-likeness (QED) is 0.567. The van der Waals surface area contributed by atoms with Crippen LogP contribution in [0.2, 0.25) is 0 Å². The van der Waals surface area contributed by atoms with Crippen molar-refractivity contribution in [2.75, 3.05) is 0 Å². The maximum absolute atomic E-state index is 5.50. The summed E-state index contributed by atoms with van der Waals surface area (Å²) in [5.41, 5.74) is 1.19. The van der Waals surface area contributed by atoms with E-state index in [4.69, 9.17) is 4.42 Å². The molecule has 62 valence electrons. The summed E-state index contributed by atoms with van der Waals surface area (Å²) in [6.45, 7) is 4.13. The average molecular weight is 160 g/mol. The van der Waals surface area contributed by atoms with Crippen LogP contribution in [-0.4, -0.2) is 0 Å². The van der Waals surface area contributed by atoms with Gasteiger partial charge in [0.25, 0.3) is 0 Å². The van der Waals surface area contributed by atoms with Gasteiger partial charge in [0.05, 0.1) is 0 Å². The van der Waals surface area contributed by atoms with Crippen LogP contribution in [0.4, 0.5) is 0 Å². The summed E-state index contributed by atoms with van der Waals surface area (Å²) in [5.74, 6) is 2.46. The zero-order valence-corrected chi connectivity index (χ0v) is 7.37. The van der Waals surface area contributed by atoms with E-state index in [9.17, 15) is 0 Å². The fourth-order valence-electron chi connectivity index (χ4n) is 1.37. The third-order valence-electron chi connectivity index (χ3n) is 2.04. The second kappa shape index (κ2) is 2.67. The molecular weight excluding hydrogens is 148 g/mol. The Morgan fingerprint density at radius 2 is 2.00 bits per heavy atom. The molecule has 1 aliphatic carbocycles. The summed E-state index contributed by atoms with van der Waals surface area (Å²) < 4.78 is 5.50. The average Bonchev–Trinajstić information content (AvgIpc) is 2.31. The predicted octanol–water partition coefficient (Wildman–Crippen LogP) is 3.26. The van der Waals surface area contributed by atoms with Gasteiger partial charge in [-0.15, -0.1) is 0 Å². The van der Waals surface area contributed by atoms with Crippen LogP contribution < -0.4 is 0 Å². The smallest absolute Gasteiger partial charge is 0.133 e. The van der Waals surface area contributed by atoms with E-state index < -0.39 is 0 Å². The molecule has 1 aromatic heterocycles. The third-order valence-corrected chi connectivity index (χ3v) is 2.04. The summed E-state index contributed by atoms with van der Waals surface area (Å²) in [4.78, 5) is 0. The molecule has 0 N–H and O–H groups in total. The van der Waals surface area contributed by atoms with E-state index in [0.717, 1.165) is 11.5 Å². The Labute approximate surface area is 72.4 Å². The maximum Gasteiger partial charge on any atom is 0.133 e. The SMILES string of the molecule is Cc1cc2c(o1)C=CC(C)C=C2. The first-order valence-corrected chi connectivity index (χ1v) is 4.22. The van der Waals surface area contributed by atoms with Gasteiger partial charge in [-0.1, -0.05) is 25.2 Å². The molecule has 0 fully saturated rings. The minimum atomic E-state index is 0.507. The van der Waals surface area contributed by atoms with Gasteiger partial charge < -0.3 is 4.42 Å². The molecule has 1 atom stereocenters. The van der Waals surface area contributed by atoms with Gasteiger partial charge in [0.2, 0.25) is 0 Å². The molecule has 0 saturated heterocycles. The minimum Gasteiger partial charge on any atom is -0.461 e. The van der Waals surface area contributed by atoms with E-state index in [-0.39, 0.29) is 0 Å². The minimum absolute atomic E-state index is 0.507. The molecule has 12 heavy (non-hydrogen) atoms. The van der Waals surface area contributed by atoms with Crippen molar-refractivity contribution in [1.82, 2.24) is 0 Å². The molecule has 0 saturated carbocycles. The summed E-state index contributed by atoms with van der Waals surface area (Å²) >= 11 is 0. The summed E-state index contributed by atoms with van der Waals surface area (Å²) in [6, 6.07) is 2.06. The number of allylic oxidation sites excluding steroid dienone is 2. The lowest BCUT2D eigenvalue weighted by Gasteiger charge is -1.91. The van der Waals surface area contributed by atoms with Crippen molar-refractivity contribution in [2.24, 2.45) is 5.92 Å². The molecule has 1 heteroatoms. The van der Waals surface area contributed by atoms with Crippen molar-refractivity contribution in [2.45, 2.75) is 13.8 Å². The van der Waals surface area contributed by atoms with Gasteiger partial charge in [-0.3, -0.25) is 0 Å². The largest absolute Gasteiger partial charge is 0.461 e. The van der Waals surface area contributed by atoms with Crippen LogP contribution in [0, 0.1) is 12.8 Å². The molecule has 0 spiro atoms. The maximum atomic E-state index is 5.50. The Hall–Kier alpha value is -1.24. The lowest BCUT2D eigenvalue weighted by atomic mass is 10.1. The molecule has 1 unspecified atom stereocenters. The highest BCUT2D eigenvalue weighted by Gasteiger charge is 2.06. The first-order valence-electron chi connectivity index (χ1n) is 4.22. The van der Waals surface area contributed by atoms with Gasteiger partial charge in [-0.05, 0) is 25.0 Å². The molecule has 1 aromatic rings. The van der Waals surface area contributed by atoms with E-state index in [0.29, 0.717) is 5.92 Å². The number of fused-ring (bicyclic) bond motifs is 1. The Morgan fingerprint density at radius 3 is 2.83 bits per heavy atom. The Kier molecular flexibility index (Phi) is 1.65. The topological polar surface area (TPSA) is 13.1 Å². The first kappa shape index (κ1) is 7.41.